The zero-order chi connectivity index (χ0) is 14.4. The van der Waals surface area contributed by atoms with Crippen molar-refractivity contribution >= 4 is 44.5 Å². The van der Waals surface area contributed by atoms with E-state index in [1.54, 1.807) is 29.7 Å². The minimum absolute atomic E-state index is 0.294. The van der Waals surface area contributed by atoms with E-state index in [-0.39, 0.29) is 5.82 Å². The van der Waals surface area contributed by atoms with Crippen molar-refractivity contribution in [3.05, 3.63) is 51.2 Å². The molecule has 0 amide bonds. The molecule has 0 saturated carbocycles. The summed E-state index contributed by atoms with van der Waals surface area (Å²) in [6.07, 6.45) is 0. The standard InChI is InChI=1S/C14H10BrClFN3/c1-7-4-13-11(6-10(7)17)19-14(18)20(13)12-3-2-8(16)5-9(12)15/h2-6H,1H3,(H2,18,19). The van der Waals surface area contributed by atoms with Crippen molar-refractivity contribution in [1.29, 1.82) is 0 Å². The normalized spacial score (nSPS) is 11.2. The average molecular weight is 355 g/mol. The fraction of sp³-hybridized carbons (Fsp3) is 0.0714. The summed E-state index contributed by atoms with van der Waals surface area (Å²) in [7, 11) is 0. The van der Waals surface area contributed by atoms with Crippen molar-refractivity contribution in [3.8, 4) is 5.69 Å². The first-order valence-electron chi connectivity index (χ1n) is 5.87. The molecule has 20 heavy (non-hydrogen) atoms. The SMILES string of the molecule is Cc1cc2c(cc1F)nc(N)n2-c1ccc(Cl)cc1Br. The van der Waals surface area contributed by atoms with Crippen molar-refractivity contribution in [2.45, 2.75) is 6.92 Å². The van der Waals surface area contributed by atoms with E-state index in [9.17, 15) is 4.39 Å². The predicted molar refractivity (Wildman–Crippen MR) is 82.9 cm³/mol. The number of nitrogen functional groups attached to an aromatic ring is 1. The molecule has 0 saturated heterocycles. The lowest BCUT2D eigenvalue weighted by Gasteiger charge is -2.09. The Balaban J connectivity index is 2.35. The molecule has 3 rings (SSSR count). The Morgan fingerprint density at radius 1 is 1.30 bits per heavy atom. The fourth-order valence-electron chi connectivity index (χ4n) is 2.14. The molecule has 0 aliphatic rings. The highest BCUT2D eigenvalue weighted by molar-refractivity contribution is 9.10. The molecule has 0 bridgehead atoms. The van der Waals surface area contributed by atoms with Gasteiger partial charge in [0.05, 0.1) is 16.7 Å². The first kappa shape index (κ1) is 13.4. The fourth-order valence-corrected chi connectivity index (χ4v) is 3.00. The van der Waals surface area contributed by atoms with Gasteiger partial charge in [-0.05, 0) is 52.7 Å². The topological polar surface area (TPSA) is 43.8 Å². The van der Waals surface area contributed by atoms with Crippen molar-refractivity contribution in [3.63, 3.8) is 0 Å². The van der Waals surface area contributed by atoms with Gasteiger partial charge in [-0.2, -0.15) is 0 Å². The van der Waals surface area contributed by atoms with E-state index in [4.69, 9.17) is 17.3 Å². The lowest BCUT2D eigenvalue weighted by molar-refractivity contribution is 0.620. The van der Waals surface area contributed by atoms with Crippen molar-refractivity contribution < 1.29 is 4.39 Å². The van der Waals surface area contributed by atoms with Crippen LogP contribution < -0.4 is 5.73 Å². The number of hydrogen-bond donors (Lipinski definition) is 1. The minimum Gasteiger partial charge on any atom is -0.369 e. The van der Waals surface area contributed by atoms with E-state index >= 15 is 0 Å². The Hall–Kier alpha value is -1.59. The number of rotatable bonds is 1. The molecule has 0 atom stereocenters. The smallest absolute Gasteiger partial charge is 0.205 e. The molecule has 6 heteroatoms. The van der Waals surface area contributed by atoms with Gasteiger partial charge in [-0.25, -0.2) is 9.37 Å². The third-order valence-corrected chi connectivity index (χ3v) is 3.98. The third kappa shape index (κ3) is 2.07. The summed E-state index contributed by atoms with van der Waals surface area (Å²) >= 11 is 9.41. The number of fused-ring (bicyclic) bond motifs is 1. The molecule has 0 unspecified atom stereocenters. The van der Waals surface area contributed by atoms with Crippen LogP contribution in [0.15, 0.2) is 34.8 Å². The van der Waals surface area contributed by atoms with Gasteiger partial charge in [0.1, 0.15) is 5.82 Å². The second-order valence-corrected chi connectivity index (χ2v) is 5.78. The van der Waals surface area contributed by atoms with Crippen LogP contribution in [0.2, 0.25) is 5.02 Å². The molecule has 0 fully saturated rings. The number of anilines is 1. The van der Waals surface area contributed by atoms with Gasteiger partial charge in [0.25, 0.3) is 0 Å². The molecule has 3 aromatic rings. The summed E-state index contributed by atoms with van der Waals surface area (Å²) < 4.78 is 16.2. The molecule has 102 valence electrons. The van der Waals surface area contributed by atoms with E-state index in [1.807, 2.05) is 6.07 Å². The van der Waals surface area contributed by atoms with Crippen LogP contribution in [0.3, 0.4) is 0 Å². The largest absolute Gasteiger partial charge is 0.369 e. The quantitative estimate of drug-likeness (QED) is 0.700. The van der Waals surface area contributed by atoms with E-state index in [0.29, 0.717) is 22.1 Å². The Bertz CT molecular complexity index is 829. The first-order valence-corrected chi connectivity index (χ1v) is 7.04. The molecule has 0 spiro atoms. The van der Waals surface area contributed by atoms with Crippen LogP contribution in [-0.4, -0.2) is 9.55 Å². The number of imidazole rings is 1. The second-order valence-electron chi connectivity index (χ2n) is 4.49. The van der Waals surface area contributed by atoms with Gasteiger partial charge >= 0.3 is 0 Å². The van der Waals surface area contributed by atoms with Crippen LogP contribution in [-0.2, 0) is 0 Å². The first-order chi connectivity index (χ1) is 9.47. The molecule has 1 heterocycles. The van der Waals surface area contributed by atoms with Crippen LogP contribution in [0.4, 0.5) is 10.3 Å². The summed E-state index contributed by atoms with van der Waals surface area (Å²) in [6, 6.07) is 8.50. The highest BCUT2D eigenvalue weighted by atomic mass is 79.9. The Morgan fingerprint density at radius 3 is 2.75 bits per heavy atom. The minimum atomic E-state index is -0.294. The van der Waals surface area contributed by atoms with Gasteiger partial charge in [0.15, 0.2) is 0 Å². The van der Waals surface area contributed by atoms with Gasteiger partial charge in [0.2, 0.25) is 5.95 Å². The summed E-state index contributed by atoms with van der Waals surface area (Å²) in [4.78, 5) is 4.20. The number of nitrogens with two attached hydrogens (primary N) is 1. The maximum absolute atomic E-state index is 13.6. The number of halogens is 3. The van der Waals surface area contributed by atoms with Crippen molar-refractivity contribution in [2.75, 3.05) is 5.73 Å². The van der Waals surface area contributed by atoms with Gasteiger partial charge in [-0.3, -0.25) is 4.57 Å². The van der Waals surface area contributed by atoms with Crippen LogP contribution >= 0.6 is 27.5 Å². The van der Waals surface area contributed by atoms with Crippen molar-refractivity contribution in [2.24, 2.45) is 0 Å². The van der Waals surface area contributed by atoms with E-state index in [0.717, 1.165) is 15.7 Å². The molecule has 0 radical (unpaired) electrons. The third-order valence-electron chi connectivity index (χ3n) is 3.11. The number of aryl methyl sites for hydroxylation is 1. The van der Waals surface area contributed by atoms with Crippen LogP contribution in [0, 0.1) is 12.7 Å². The molecule has 2 aromatic carbocycles. The van der Waals surface area contributed by atoms with Gasteiger partial charge in [-0.1, -0.05) is 11.6 Å². The lowest BCUT2D eigenvalue weighted by atomic mass is 10.2. The number of benzene rings is 2. The molecular weight excluding hydrogens is 345 g/mol. The zero-order valence-electron chi connectivity index (χ0n) is 10.5. The van der Waals surface area contributed by atoms with Gasteiger partial charge in [0, 0.05) is 15.6 Å². The Labute approximate surface area is 128 Å². The van der Waals surface area contributed by atoms with Gasteiger partial charge < -0.3 is 5.73 Å². The highest BCUT2D eigenvalue weighted by Gasteiger charge is 2.14. The lowest BCUT2D eigenvalue weighted by Crippen LogP contribution is -2.01. The molecule has 0 aliphatic carbocycles. The van der Waals surface area contributed by atoms with Crippen molar-refractivity contribution in [1.82, 2.24) is 9.55 Å². The maximum atomic E-state index is 13.6. The van der Waals surface area contributed by atoms with Crippen LogP contribution in [0.5, 0.6) is 0 Å². The molecule has 1 aromatic heterocycles. The maximum Gasteiger partial charge on any atom is 0.205 e. The summed E-state index contributed by atoms with van der Waals surface area (Å²) in [5.41, 5.74) is 8.59. The average Bonchev–Trinajstić information content (AvgIpc) is 2.66. The molecule has 2 N–H and O–H groups in total. The second kappa shape index (κ2) is 4.75. The van der Waals surface area contributed by atoms with E-state index in [1.165, 1.54) is 6.07 Å². The number of hydrogen-bond acceptors (Lipinski definition) is 2. The van der Waals surface area contributed by atoms with E-state index < -0.39 is 0 Å². The summed E-state index contributed by atoms with van der Waals surface area (Å²) in [6.45, 7) is 1.71. The molecular formula is C14H10BrClFN3. The Morgan fingerprint density at radius 2 is 2.05 bits per heavy atom. The number of aromatic nitrogens is 2. The number of nitrogens with zero attached hydrogens (tertiary/aromatic N) is 2. The van der Waals surface area contributed by atoms with E-state index in [2.05, 4.69) is 20.9 Å². The molecule has 3 nitrogen and oxygen atoms in total. The summed E-state index contributed by atoms with van der Waals surface area (Å²) in [5.74, 6) is 0.00495. The summed E-state index contributed by atoms with van der Waals surface area (Å²) in [5, 5.41) is 0.617. The highest BCUT2D eigenvalue weighted by Crippen LogP contribution is 2.31. The van der Waals surface area contributed by atoms with Crippen LogP contribution in [0.25, 0.3) is 16.7 Å². The predicted octanol–water partition coefficient (Wildman–Crippen LogP) is 4.47. The zero-order valence-corrected chi connectivity index (χ0v) is 12.8. The van der Waals surface area contributed by atoms with Gasteiger partial charge in [-0.15, -0.1) is 0 Å². The molecule has 0 aliphatic heterocycles. The monoisotopic (exact) mass is 353 g/mol. The Kier molecular flexibility index (Phi) is 3.18. The van der Waals surface area contributed by atoms with Crippen LogP contribution in [0.1, 0.15) is 5.56 Å².